The Hall–Kier alpha value is -11.5. The van der Waals surface area contributed by atoms with E-state index < -0.39 is 0 Å². The van der Waals surface area contributed by atoms with Crippen LogP contribution >= 0.6 is 0 Å². The van der Waals surface area contributed by atoms with Crippen LogP contribution in [0.15, 0.2) is 164 Å². The molecule has 18 heteroatoms. The summed E-state index contributed by atoms with van der Waals surface area (Å²) in [5.74, 6) is 9.73. The first kappa shape index (κ1) is 70.9. The molecule has 0 N–H and O–H groups in total. The van der Waals surface area contributed by atoms with E-state index in [-0.39, 0.29) is 12.2 Å². The molecule has 4 aliphatic carbocycles. The molecule has 0 saturated heterocycles. The fourth-order valence-electron chi connectivity index (χ4n) is 14.5. The fourth-order valence-corrected chi connectivity index (χ4v) is 14.5. The fraction of sp³-hybridized carbons (Fsp3) is 0.326. The Labute approximate surface area is 607 Å². The summed E-state index contributed by atoms with van der Waals surface area (Å²) in [7, 11) is 0. The lowest BCUT2D eigenvalue weighted by atomic mass is 9.99. The molecule has 12 aromatic rings. The summed E-state index contributed by atoms with van der Waals surface area (Å²) in [6.07, 6.45) is 9.10. The molecule has 4 aliphatic rings. The second-order valence-corrected chi connectivity index (χ2v) is 27.7. The molecule has 8 aromatic carbocycles. The van der Waals surface area contributed by atoms with E-state index in [2.05, 4.69) is 145 Å². The number of ether oxygens (including phenoxy) is 4. The van der Waals surface area contributed by atoms with E-state index in [1.54, 1.807) is 24.3 Å². The van der Waals surface area contributed by atoms with Gasteiger partial charge in [-0.1, -0.05) is 121 Å². The molecule has 0 saturated carbocycles. The van der Waals surface area contributed by atoms with Gasteiger partial charge < -0.3 is 37.0 Å². The number of hydrogen-bond donors (Lipinski definition) is 0. The second kappa shape index (κ2) is 31.4. The lowest BCUT2D eigenvalue weighted by Crippen LogP contribution is -2.06. The minimum atomic E-state index is 0.00826. The second-order valence-electron chi connectivity index (χ2n) is 27.7. The number of hydrogen-bond acceptors (Lipinski definition) is 16. The van der Waals surface area contributed by atoms with Crippen LogP contribution in [0.2, 0.25) is 0 Å². The SMILES string of the molecule is CCOc1ccc(-c2nc(-c3cccc4c3CCC4C)no2)cc1C.Cc1cc(-c2nc(-c3cccc4c3CCC4C)no2)ccc1OC(C)C.[C-]#[N+]c1cc(-c2nc(-c3cccc4c3CCC4C)no2)ccc1OC(C)C.[C-]#[N+]c1cc(-c2nc(-c3cccc4c3CCC4C)no2)ccc1OCC. The van der Waals surface area contributed by atoms with Gasteiger partial charge in [0, 0.05) is 44.5 Å². The van der Waals surface area contributed by atoms with E-state index in [0.29, 0.717) is 107 Å². The highest BCUT2D eigenvalue weighted by molar-refractivity contribution is 5.74. The molecule has 0 bridgehead atoms. The highest BCUT2D eigenvalue weighted by Crippen LogP contribution is 2.44. The molecule has 16 rings (SSSR count). The van der Waals surface area contributed by atoms with Crippen molar-refractivity contribution in [2.75, 3.05) is 13.2 Å². The van der Waals surface area contributed by atoms with E-state index in [1.165, 1.54) is 57.3 Å². The van der Waals surface area contributed by atoms with Gasteiger partial charge in [-0.15, -0.1) is 0 Å². The molecule has 0 fully saturated rings. The van der Waals surface area contributed by atoms with Gasteiger partial charge in [0.25, 0.3) is 23.6 Å². The van der Waals surface area contributed by atoms with Crippen LogP contribution in [0.5, 0.6) is 23.0 Å². The lowest BCUT2D eigenvalue weighted by molar-refractivity contribution is 0.241. The van der Waals surface area contributed by atoms with E-state index in [4.69, 9.17) is 50.2 Å². The number of nitrogens with zero attached hydrogens (tertiary/aromatic N) is 10. The van der Waals surface area contributed by atoms with Crippen molar-refractivity contribution < 1.29 is 37.0 Å². The van der Waals surface area contributed by atoms with Gasteiger partial charge in [0.1, 0.15) is 23.0 Å². The summed E-state index contributed by atoms with van der Waals surface area (Å²) in [5.41, 5.74) is 21.5. The Bertz CT molecular complexity index is 5160. The van der Waals surface area contributed by atoms with Crippen LogP contribution < -0.4 is 18.9 Å². The molecule has 4 aromatic heterocycles. The van der Waals surface area contributed by atoms with Gasteiger partial charge >= 0.3 is 0 Å². The largest absolute Gasteiger partial charge is 0.505 e. The molecular weight excluding hydrogens is 1300 g/mol. The van der Waals surface area contributed by atoms with Crippen molar-refractivity contribution in [3.63, 3.8) is 0 Å². The summed E-state index contributed by atoms with van der Waals surface area (Å²) in [6.45, 7) is 40.8. The van der Waals surface area contributed by atoms with Crippen molar-refractivity contribution in [1.82, 2.24) is 40.6 Å². The van der Waals surface area contributed by atoms with Gasteiger partial charge in [-0.25, -0.2) is 9.69 Å². The molecular formula is C86H86N10O8. The van der Waals surface area contributed by atoms with Crippen molar-refractivity contribution in [1.29, 1.82) is 0 Å². The van der Waals surface area contributed by atoms with Crippen LogP contribution in [0.4, 0.5) is 11.4 Å². The Kier molecular flexibility index (Phi) is 21.4. The minimum absolute atomic E-state index is 0.00826. The molecule has 0 aliphatic heterocycles. The molecule has 0 spiro atoms. The topological polar surface area (TPSA) is 201 Å². The predicted octanol–water partition coefficient (Wildman–Crippen LogP) is 21.9. The summed E-state index contributed by atoms with van der Waals surface area (Å²) >= 11 is 0. The van der Waals surface area contributed by atoms with Crippen molar-refractivity contribution in [2.45, 2.75) is 170 Å². The lowest BCUT2D eigenvalue weighted by Gasteiger charge is -2.12. The number of rotatable bonds is 16. The summed E-state index contributed by atoms with van der Waals surface area (Å²) < 4.78 is 44.7. The standard InChI is InChI=1S/C22H21N3O2.C22H24N2O2.C21H19N3O2.C21H22N2O2/c1-13(2)26-20-11-9-15(12-19(20)23-4)22-24-21(25-27-22)18-7-5-6-16-14(3)8-10-17(16)18;1-13(2)25-20-11-9-16(12-15(20)4)22-23-21(24-26-22)19-7-5-6-17-14(3)8-10-18(17)19;1-4-25-19-11-9-14(12-18(19)22-3)21-23-20(24-26-21)17-7-5-6-15-13(2)8-10-16(15)17;1-4-24-19-11-9-15(12-14(19)3)21-22-20(23-25-21)18-7-5-6-16-13(2)8-10-17(16)18/h5-7,9,11-14H,8,10H2,1-3H3;5-7,9,11-14H,8,10H2,1-4H3;5-7,9,11-13H,4,8,10H2,1-2H3;5-7,9,11-13H,4,8,10H2,1-3H3. The number of aryl methyl sites for hydroxylation is 2. The third-order valence-electron chi connectivity index (χ3n) is 19.8. The van der Waals surface area contributed by atoms with E-state index in [1.807, 2.05) is 110 Å². The Morgan fingerprint density at radius 2 is 0.673 bits per heavy atom. The number of aromatic nitrogens is 8. The smallest absolute Gasteiger partial charge is 0.258 e. The van der Waals surface area contributed by atoms with Crippen LogP contribution in [-0.2, 0) is 25.7 Å². The van der Waals surface area contributed by atoms with Gasteiger partial charge in [0.15, 0.2) is 0 Å². The summed E-state index contributed by atoms with van der Waals surface area (Å²) in [6, 6.07) is 48.0. The molecule has 528 valence electrons. The van der Waals surface area contributed by atoms with Crippen molar-refractivity contribution in [3.8, 4) is 114 Å². The summed E-state index contributed by atoms with van der Waals surface area (Å²) in [5, 5.41) is 16.9. The molecule has 0 radical (unpaired) electrons. The van der Waals surface area contributed by atoms with E-state index >= 15 is 0 Å². The zero-order chi connectivity index (χ0) is 72.7. The molecule has 4 heterocycles. The van der Waals surface area contributed by atoms with Crippen molar-refractivity contribution in [2.24, 2.45) is 0 Å². The quantitative estimate of drug-likeness (QED) is 0.0826. The normalized spacial score (nSPS) is 15.8. The first-order valence-electron chi connectivity index (χ1n) is 36.2. The Balaban J connectivity index is 0.000000123. The zero-order valence-electron chi connectivity index (χ0n) is 61.1. The molecule has 104 heavy (non-hydrogen) atoms. The monoisotopic (exact) mass is 1390 g/mol. The zero-order valence-corrected chi connectivity index (χ0v) is 61.1. The highest BCUT2D eigenvalue weighted by atomic mass is 16.5. The van der Waals surface area contributed by atoms with Crippen LogP contribution in [0.1, 0.15) is 174 Å². The van der Waals surface area contributed by atoms with Gasteiger partial charge in [-0.3, -0.25) is 0 Å². The van der Waals surface area contributed by atoms with Crippen molar-refractivity contribution >= 4 is 11.4 Å². The van der Waals surface area contributed by atoms with Crippen LogP contribution in [-0.4, -0.2) is 66.0 Å². The Morgan fingerprint density at radius 3 is 0.990 bits per heavy atom. The van der Waals surface area contributed by atoms with E-state index in [0.717, 1.165) is 106 Å². The average molecular weight is 1390 g/mol. The summed E-state index contributed by atoms with van der Waals surface area (Å²) in [4.78, 5) is 25.6. The van der Waals surface area contributed by atoms with Gasteiger partial charge in [-0.05, 0) is 259 Å². The van der Waals surface area contributed by atoms with Crippen molar-refractivity contribution in [3.05, 3.63) is 224 Å². The molecule has 0 amide bonds. The van der Waals surface area contributed by atoms with E-state index in [9.17, 15) is 0 Å². The molecule has 4 unspecified atom stereocenters. The average Bonchev–Trinajstić information content (AvgIpc) is 1.63. The number of benzene rings is 8. The highest BCUT2D eigenvalue weighted by Gasteiger charge is 2.29. The maximum Gasteiger partial charge on any atom is 0.258 e. The minimum Gasteiger partial charge on any atom is -0.505 e. The van der Waals surface area contributed by atoms with Crippen LogP contribution in [0.3, 0.4) is 0 Å². The third-order valence-corrected chi connectivity index (χ3v) is 19.8. The van der Waals surface area contributed by atoms with Gasteiger partial charge in [0.2, 0.25) is 34.7 Å². The number of fused-ring (bicyclic) bond motifs is 4. The molecule has 18 nitrogen and oxygen atoms in total. The maximum atomic E-state index is 7.41. The maximum absolute atomic E-state index is 7.41. The van der Waals surface area contributed by atoms with Gasteiger partial charge in [0.05, 0.1) is 38.6 Å². The molecule has 4 atom stereocenters. The first-order valence-corrected chi connectivity index (χ1v) is 36.2. The van der Waals surface area contributed by atoms with Crippen LogP contribution in [0.25, 0.3) is 101 Å². The first-order chi connectivity index (χ1) is 50.5. The van der Waals surface area contributed by atoms with Crippen LogP contribution in [0, 0.1) is 27.0 Å². The predicted molar refractivity (Wildman–Crippen MR) is 403 cm³/mol. The third kappa shape index (κ3) is 15.2. The Morgan fingerprint density at radius 1 is 0.385 bits per heavy atom. The van der Waals surface area contributed by atoms with Gasteiger partial charge in [-0.2, -0.15) is 19.9 Å².